The van der Waals surface area contributed by atoms with E-state index in [4.69, 9.17) is 4.74 Å². The van der Waals surface area contributed by atoms with Gasteiger partial charge < -0.3 is 14.7 Å². The van der Waals surface area contributed by atoms with E-state index in [0.717, 1.165) is 6.42 Å². The molecule has 1 atom stereocenters. The molecule has 0 radical (unpaired) electrons. The minimum absolute atomic E-state index is 0.00253. The van der Waals surface area contributed by atoms with E-state index in [0.29, 0.717) is 29.6 Å². The van der Waals surface area contributed by atoms with Crippen molar-refractivity contribution in [3.8, 4) is 5.75 Å². The molecule has 0 spiro atoms. The number of likely N-dealkylation sites (tertiary alicyclic amines) is 1. The van der Waals surface area contributed by atoms with Crippen molar-refractivity contribution in [3.63, 3.8) is 0 Å². The van der Waals surface area contributed by atoms with Crippen molar-refractivity contribution < 1.29 is 19.4 Å². The third-order valence-electron chi connectivity index (χ3n) is 3.27. The average Bonchev–Trinajstić information content (AvgIpc) is 2.90. The van der Waals surface area contributed by atoms with E-state index in [1.807, 2.05) is 0 Å². The largest absolute Gasteiger partial charge is 0.507 e. The van der Waals surface area contributed by atoms with Crippen LogP contribution in [0.15, 0.2) is 22.7 Å². The van der Waals surface area contributed by atoms with Gasteiger partial charge in [0.25, 0.3) is 5.91 Å². The molecule has 1 aromatic rings. The maximum absolute atomic E-state index is 12.4. The SMILES string of the molecule is CCOC(=O)C1CCCN1C(=O)c1ccc(Br)c(O)c1. The van der Waals surface area contributed by atoms with Crippen molar-refractivity contribution in [2.75, 3.05) is 13.2 Å². The van der Waals surface area contributed by atoms with Gasteiger partial charge in [-0.3, -0.25) is 4.79 Å². The van der Waals surface area contributed by atoms with Crippen LogP contribution in [0.1, 0.15) is 30.1 Å². The summed E-state index contributed by atoms with van der Waals surface area (Å²) in [7, 11) is 0. The summed E-state index contributed by atoms with van der Waals surface area (Å²) < 4.78 is 5.52. The highest BCUT2D eigenvalue weighted by Crippen LogP contribution is 2.27. The molecule has 1 aliphatic rings. The second-order valence-corrected chi connectivity index (χ2v) is 5.43. The molecule has 5 nitrogen and oxygen atoms in total. The number of esters is 1. The van der Waals surface area contributed by atoms with Crippen LogP contribution in [0.2, 0.25) is 0 Å². The number of ether oxygens (including phenoxy) is 1. The molecule has 1 aliphatic heterocycles. The van der Waals surface area contributed by atoms with E-state index in [-0.39, 0.29) is 17.6 Å². The van der Waals surface area contributed by atoms with Gasteiger partial charge in [0.2, 0.25) is 0 Å². The topological polar surface area (TPSA) is 66.8 Å². The van der Waals surface area contributed by atoms with Gasteiger partial charge in [0.05, 0.1) is 11.1 Å². The molecular formula is C14H16BrNO4. The first kappa shape index (κ1) is 14.8. The summed E-state index contributed by atoms with van der Waals surface area (Å²) in [5, 5.41) is 9.64. The number of carbonyl (C=O) groups is 2. The molecule has 1 saturated heterocycles. The molecule has 0 aliphatic carbocycles. The van der Waals surface area contributed by atoms with Crippen LogP contribution in [-0.4, -0.2) is 41.1 Å². The second kappa shape index (κ2) is 6.26. The summed E-state index contributed by atoms with van der Waals surface area (Å²) in [5.74, 6) is -0.620. The molecule has 0 saturated carbocycles. The fourth-order valence-corrected chi connectivity index (χ4v) is 2.55. The van der Waals surface area contributed by atoms with Crippen LogP contribution in [0, 0.1) is 0 Å². The number of amides is 1. The van der Waals surface area contributed by atoms with Crippen molar-refractivity contribution >= 4 is 27.8 Å². The van der Waals surface area contributed by atoms with Crippen molar-refractivity contribution in [3.05, 3.63) is 28.2 Å². The van der Waals surface area contributed by atoms with Gasteiger partial charge in [-0.15, -0.1) is 0 Å². The average molecular weight is 342 g/mol. The normalized spacial score (nSPS) is 18.1. The molecular weight excluding hydrogens is 326 g/mol. The molecule has 20 heavy (non-hydrogen) atoms. The van der Waals surface area contributed by atoms with Gasteiger partial charge in [-0.25, -0.2) is 4.79 Å². The molecule has 1 unspecified atom stereocenters. The first-order valence-electron chi connectivity index (χ1n) is 6.50. The Morgan fingerprint density at radius 1 is 1.50 bits per heavy atom. The Hall–Kier alpha value is -1.56. The van der Waals surface area contributed by atoms with Gasteiger partial charge >= 0.3 is 5.97 Å². The summed E-state index contributed by atoms with van der Waals surface area (Å²) in [6, 6.07) is 4.10. The predicted molar refractivity (Wildman–Crippen MR) is 76.5 cm³/mol. The van der Waals surface area contributed by atoms with Gasteiger partial charge in [0, 0.05) is 12.1 Å². The Balaban J connectivity index is 2.18. The number of hydrogen-bond donors (Lipinski definition) is 1. The van der Waals surface area contributed by atoms with E-state index in [2.05, 4.69) is 15.9 Å². The van der Waals surface area contributed by atoms with E-state index in [1.54, 1.807) is 19.1 Å². The number of hydrogen-bond acceptors (Lipinski definition) is 4. The highest BCUT2D eigenvalue weighted by Gasteiger charge is 2.35. The summed E-state index contributed by atoms with van der Waals surface area (Å²) in [4.78, 5) is 25.8. The molecule has 1 amide bonds. The predicted octanol–water partition coefficient (Wildman–Crippen LogP) is 2.32. The first-order valence-corrected chi connectivity index (χ1v) is 7.30. The third-order valence-corrected chi connectivity index (χ3v) is 3.94. The van der Waals surface area contributed by atoms with Gasteiger partial charge in [-0.05, 0) is 53.9 Å². The number of nitrogens with zero attached hydrogens (tertiary/aromatic N) is 1. The number of benzene rings is 1. The lowest BCUT2D eigenvalue weighted by molar-refractivity contribution is -0.147. The Morgan fingerprint density at radius 3 is 2.90 bits per heavy atom. The maximum atomic E-state index is 12.4. The number of halogens is 1. The smallest absolute Gasteiger partial charge is 0.328 e. The minimum Gasteiger partial charge on any atom is -0.507 e. The molecule has 6 heteroatoms. The van der Waals surface area contributed by atoms with Crippen LogP contribution in [-0.2, 0) is 9.53 Å². The van der Waals surface area contributed by atoms with Gasteiger partial charge in [0.15, 0.2) is 0 Å². The van der Waals surface area contributed by atoms with E-state index in [9.17, 15) is 14.7 Å². The number of carbonyl (C=O) groups excluding carboxylic acids is 2. The highest BCUT2D eigenvalue weighted by molar-refractivity contribution is 9.10. The van der Waals surface area contributed by atoms with Crippen molar-refractivity contribution in [1.29, 1.82) is 0 Å². The molecule has 2 rings (SSSR count). The fourth-order valence-electron chi connectivity index (χ4n) is 2.30. The maximum Gasteiger partial charge on any atom is 0.328 e. The lowest BCUT2D eigenvalue weighted by Crippen LogP contribution is -2.41. The standard InChI is InChI=1S/C14H16BrNO4/c1-2-20-14(19)11-4-3-7-16(11)13(18)9-5-6-10(15)12(17)8-9/h5-6,8,11,17H,2-4,7H2,1H3. The summed E-state index contributed by atoms with van der Waals surface area (Å²) in [6.07, 6.45) is 1.39. The fraction of sp³-hybridized carbons (Fsp3) is 0.429. The first-order chi connectivity index (χ1) is 9.54. The van der Waals surface area contributed by atoms with Crippen LogP contribution in [0.5, 0.6) is 5.75 Å². The summed E-state index contributed by atoms with van der Waals surface area (Å²) >= 11 is 3.17. The Labute approximate surface area is 125 Å². The Bertz CT molecular complexity index is 532. The number of phenols is 1. The summed E-state index contributed by atoms with van der Waals surface area (Å²) in [6.45, 7) is 2.57. The molecule has 0 aromatic heterocycles. The van der Waals surface area contributed by atoms with Crippen LogP contribution < -0.4 is 0 Å². The quantitative estimate of drug-likeness (QED) is 0.856. The Morgan fingerprint density at radius 2 is 2.25 bits per heavy atom. The molecule has 108 valence electrons. The zero-order valence-corrected chi connectivity index (χ0v) is 12.7. The second-order valence-electron chi connectivity index (χ2n) is 4.57. The molecule has 0 bridgehead atoms. The zero-order chi connectivity index (χ0) is 14.7. The Kier molecular flexibility index (Phi) is 4.65. The van der Waals surface area contributed by atoms with Gasteiger partial charge in [-0.1, -0.05) is 0 Å². The van der Waals surface area contributed by atoms with E-state index < -0.39 is 6.04 Å². The molecule has 1 heterocycles. The molecule has 1 N–H and O–H groups in total. The van der Waals surface area contributed by atoms with Crippen LogP contribution in [0.25, 0.3) is 0 Å². The van der Waals surface area contributed by atoms with Crippen LogP contribution in [0.3, 0.4) is 0 Å². The van der Waals surface area contributed by atoms with Crippen molar-refractivity contribution in [1.82, 2.24) is 4.90 Å². The van der Waals surface area contributed by atoms with Gasteiger partial charge in [0.1, 0.15) is 11.8 Å². The molecule has 1 aromatic carbocycles. The third kappa shape index (κ3) is 2.95. The van der Waals surface area contributed by atoms with E-state index in [1.165, 1.54) is 11.0 Å². The minimum atomic E-state index is -0.520. The van der Waals surface area contributed by atoms with Crippen LogP contribution in [0.4, 0.5) is 0 Å². The van der Waals surface area contributed by atoms with Crippen molar-refractivity contribution in [2.45, 2.75) is 25.8 Å². The monoisotopic (exact) mass is 341 g/mol. The van der Waals surface area contributed by atoms with E-state index >= 15 is 0 Å². The van der Waals surface area contributed by atoms with Gasteiger partial charge in [-0.2, -0.15) is 0 Å². The molecule has 1 fully saturated rings. The number of rotatable bonds is 3. The highest BCUT2D eigenvalue weighted by atomic mass is 79.9. The zero-order valence-electron chi connectivity index (χ0n) is 11.1. The number of phenolic OH excluding ortho intramolecular Hbond substituents is 1. The lowest BCUT2D eigenvalue weighted by Gasteiger charge is -2.23. The lowest BCUT2D eigenvalue weighted by atomic mass is 10.1. The van der Waals surface area contributed by atoms with Crippen LogP contribution >= 0.6 is 15.9 Å². The van der Waals surface area contributed by atoms with Crippen molar-refractivity contribution in [2.24, 2.45) is 0 Å². The summed E-state index contributed by atoms with van der Waals surface area (Å²) in [5.41, 5.74) is 0.363. The number of aromatic hydroxyl groups is 1.